The Labute approximate surface area is 105 Å². The Balaban J connectivity index is 2.06. The van der Waals surface area contributed by atoms with E-state index in [1.54, 1.807) is 0 Å². The highest BCUT2D eigenvalue weighted by molar-refractivity contribution is 5.30. The summed E-state index contributed by atoms with van der Waals surface area (Å²) in [5.74, 6) is 0. The number of hydrogen-bond acceptors (Lipinski definition) is 2. The van der Waals surface area contributed by atoms with E-state index in [1.165, 1.54) is 29.7 Å². The zero-order chi connectivity index (χ0) is 12.3. The van der Waals surface area contributed by atoms with Crippen LogP contribution in [0, 0.1) is 13.8 Å². The quantitative estimate of drug-likeness (QED) is 0.843. The number of nitrogens with one attached hydrogen (secondary N) is 1. The van der Waals surface area contributed by atoms with Gasteiger partial charge in [-0.1, -0.05) is 23.8 Å². The summed E-state index contributed by atoms with van der Waals surface area (Å²) in [5.41, 5.74) is 4.27. The topological polar surface area (TPSA) is 15.3 Å². The molecule has 1 heterocycles. The molecule has 2 heteroatoms. The summed E-state index contributed by atoms with van der Waals surface area (Å²) < 4.78 is 0. The van der Waals surface area contributed by atoms with Gasteiger partial charge in [0.05, 0.1) is 0 Å². The van der Waals surface area contributed by atoms with E-state index in [0.29, 0.717) is 6.04 Å². The molecule has 2 rings (SSSR count). The number of rotatable bonds is 2. The van der Waals surface area contributed by atoms with Crippen LogP contribution in [0.15, 0.2) is 18.2 Å². The number of aryl methyl sites for hydroxylation is 2. The van der Waals surface area contributed by atoms with Crippen LogP contribution >= 0.6 is 0 Å². The molecule has 0 saturated carbocycles. The van der Waals surface area contributed by atoms with E-state index in [0.717, 1.165) is 19.6 Å². The van der Waals surface area contributed by atoms with Gasteiger partial charge in [0, 0.05) is 19.1 Å². The SMILES string of the molecule is Cc1ccc(C)c(CN2CCCNC(C)C2)c1. The smallest absolute Gasteiger partial charge is 0.0237 e. The summed E-state index contributed by atoms with van der Waals surface area (Å²) in [6.07, 6.45) is 1.26. The van der Waals surface area contributed by atoms with E-state index in [2.05, 4.69) is 49.2 Å². The lowest BCUT2D eigenvalue weighted by Gasteiger charge is -2.23. The Hall–Kier alpha value is -0.860. The number of benzene rings is 1. The van der Waals surface area contributed by atoms with Crippen molar-refractivity contribution in [2.75, 3.05) is 19.6 Å². The molecule has 1 aromatic carbocycles. The fraction of sp³-hybridized carbons (Fsp3) is 0.600. The maximum Gasteiger partial charge on any atom is 0.0237 e. The van der Waals surface area contributed by atoms with Crippen molar-refractivity contribution in [3.05, 3.63) is 34.9 Å². The zero-order valence-corrected chi connectivity index (χ0v) is 11.3. The minimum absolute atomic E-state index is 0.614. The van der Waals surface area contributed by atoms with Crippen LogP contribution in [0.4, 0.5) is 0 Å². The van der Waals surface area contributed by atoms with Crippen molar-refractivity contribution in [1.29, 1.82) is 0 Å². The van der Waals surface area contributed by atoms with E-state index in [-0.39, 0.29) is 0 Å². The lowest BCUT2D eigenvalue weighted by molar-refractivity contribution is 0.264. The third-order valence-corrected chi connectivity index (χ3v) is 3.57. The Kier molecular flexibility index (Phi) is 4.19. The van der Waals surface area contributed by atoms with Crippen LogP contribution in [0.1, 0.15) is 30.0 Å². The summed E-state index contributed by atoms with van der Waals surface area (Å²) in [7, 11) is 0. The summed E-state index contributed by atoms with van der Waals surface area (Å²) in [5, 5.41) is 3.54. The second-order valence-corrected chi connectivity index (χ2v) is 5.37. The molecule has 0 amide bonds. The van der Waals surface area contributed by atoms with Crippen molar-refractivity contribution < 1.29 is 0 Å². The first kappa shape index (κ1) is 12.6. The average molecular weight is 232 g/mol. The molecule has 1 saturated heterocycles. The van der Waals surface area contributed by atoms with E-state index in [1.807, 2.05) is 0 Å². The van der Waals surface area contributed by atoms with Gasteiger partial charge < -0.3 is 5.32 Å². The molecule has 1 aromatic rings. The standard InChI is InChI=1S/C15H24N2/c1-12-5-6-13(2)15(9-12)11-17-8-4-7-16-14(3)10-17/h5-6,9,14,16H,4,7-8,10-11H2,1-3H3. The van der Waals surface area contributed by atoms with E-state index >= 15 is 0 Å². The van der Waals surface area contributed by atoms with Crippen LogP contribution in [-0.4, -0.2) is 30.6 Å². The van der Waals surface area contributed by atoms with Gasteiger partial charge in [-0.05, 0) is 51.4 Å². The predicted molar refractivity (Wildman–Crippen MR) is 73.3 cm³/mol. The first-order valence-corrected chi connectivity index (χ1v) is 6.67. The molecule has 1 aliphatic rings. The van der Waals surface area contributed by atoms with Gasteiger partial charge >= 0.3 is 0 Å². The van der Waals surface area contributed by atoms with Crippen LogP contribution in [0.3, 0.4) is 0 Å². The fourth-order valence-corrected chi connectivity index (χ4v) is 2.55. The lowest BCUT2D eigenvalue weighted by atomic mass is 10.0. The third-order valence-electron chi connectivity index (χ3n) is 3.57. The van der Waals surface area contributed by atoms with E-state index in [4.69, 9.17) is 0 Å². The minimum atomic E-state index is 0.614. The molecule has 1 fully saturated rings. The lowest BCUT2D eigenvalue weighted by Crippen LogP contribution is -2.35. The molecule has 94 valence electrons. The van der Waals surface area contributed by atoms with Gasteiger partial charge in [0.25, 0.3) is 0 Å². The van der Waals surface area contributed by atoms with Crippen molar-refractivity contribution in [3.63, 3.8) is 0 Å². The Bertz CT molecular complexity index is 373. The second kappa shape index (κ2) is 5.65. The van der Waals surface area contributed by atoms with Crippen molar-refractivity contribution in [2.24, 2.45) is 0 Å². The third kappa shape index (κ3) is 3.55. The van der Waals surface area contributed by atoms with Gasteiger partial charge in [0.1, 0.15) is 0 Å². The Morgan fingerprint density at radius 1 is 1.35 bits per heavy atom. The van der Waals surface area contributed by atoms with Crippen LogP contribution in [0.25, 0.3) is 0 Å². The highest BCUT2D eigenvalue weighted by Crippen LogP contribution is 2.14. The monoisotopic (exact) mass is 232 g/mol. The summed E-state index contributed by atoms with van der Waals surface area (Å²) in [6.45, 7) is 11.3. The normalized spacial score (nSPS) is 22.4. The molecule has 0 bridgehead atoms. The van der Waals surface area contributed by atoms with Gasteiger partial charge in [-0.15, -0.1) is 0 Å². The van der Waals surface area contributed by atoms with Gasteiger partial charge in [-0.25, -0.2) is 0 Å². The minimum Gasteiger partial charge on any atom is -0.313 e. The van der Waals surface area contributed by atoms with E-state index in [9.17, 15) is 0 Å². The molecule has 2 nitrogen and oxygen atoms in total. The molecule has 0 spiro atoms. The predicted octanol–water partition coefficient (Wildman–Crippen LogP) is 2.49. The van der Waals surface area contributed by atoms with Gasteiger partial charge in [-0.2, -0.15) is 0 Å². The molecule has 17 heavy (non-hydrogen) atoms. The molecule has 0 radical (unpaired) electrons. The van der Waals surface area contributed by atoms with Gasteiger partial charge in [0.15, 0.2) is 0 Å². The molecular weight excluding hydrogens is 208 g/mol. The van der Waals surface area contributed by atoms with Crippen molar-refractivity contribution in [1.82, 2.24) is 10.2 Å². The highest BCUT2D eigenvalue weighted by Gasteiger charge is 2.14. The Morgan fingerprint density at radius 3 is 3.00 bits per heavy atom. The summed E-state index contributed by atoms with van der Waals surface area (Å²) in [6, 6.07) is 7.39. The maximum absolute atomic E-state index is 3.54. The van der Waals surface area contributed by atoms with Crippen molar-refractivity contribution in [3.8, 4) is 0 Å². The average Bonchev–Trinajstić information content (AvgIpc) is 2.48. The summed E-state index contributed by atoms with van der Waals surface area (Å²) >= 11 is 0. The fourth-order valence-electron chi connectivity index (χ4n) is 2.55. The van der Waals surface area contributed by atoms with Crippen molar-refractivity contribution in [2.45, 2.75) is 39.8 Å². The largest absolute Gasteiger partial charge is 0.313 e. The zero-order valence-electron chi connectivity index (χ0n) is 11.3. The molecule has 1 unspecified atom stereocenters. The maximum atomic E-state index is 3.54. The van der Waals surface area contributed by atoms with Crippen LogP contribution in [-0.2, 0) is 6.54 Å². The van der Waals surface area contributed by atoms with Crippen LogP contribution < -0.4 is 5.32 Å². The summed E-state index contributed by atoms with van der Waals surface area (Å²) in [4.78, 5) is 2.58. The Morgan fingerprint density at radius 2 is 2.18 bits per heavy atom. The molecule has 0 aromatic heterocycles. The van der Waals surface area contributed by atoms with Crippen LogP contribution in [0.5, 0.6) is 0 Å². The molecule has 1 aliphatic heterocycles. The highest BCUT2D eigenvalue weighted by atomic mass is 15.2. The first-order valence-electron chi connectivity index (χ1n) is 6.67. The van der Waals surface area contributed by atoms with Crippen LogP contribution in [0.2, 0.25) is 0 Å². The van der Waals surface area contributed by atoms with Gasteiger partial charge in [-0.3, -0.25) is 4.90 Å². The van der Waals surface area contributed by atoms with Crippen molar-refractivity contribution >= 4 is 0 Å². The molecule has 1 N–H and O–H groups in total. The van der Waals surface area contributed by atoms with E-state index < -0.39 is 0 Å². The first-order chi connectivity index (χ1) is 8.15. The molecule has 0 aliphatic carbocycles. The molecular formula is C15H24N2. The molecule has 1 atom stereocenters. The second-order valence-electron chi connectivity index (χ2n) is 5.37. The number of hydrogen-bond donors (Lipinski definition) is 1. The van der Waals surface area contributed by atoms with Gasteiger partial charge in [0.2, 0.25) is 0 Å². The number of nitrogens with zero attached hydrogens (tertiary/aromatic N) is 1.